The highest BCUT2D eigenvalue weighted by Gasteiger charge is 1.94. The van der Waals surface area contributed by atoms with Crippen LogP contribution < -0.4 is 5.32 Å². The van der Waals surface area contributed by atoms with Gasteiger partial charge in [0.25, 0.3) is 0 Å². The zero-order chi connectivity index (χ0) is 9.11. The van der Waals surface area contributed by atoms with Crippen LogP contribution in [0.5, 0.6) is 0 Å². The van der Waals surface area contributed by atoms with E-state index >= 15 is 0 Å². The fourth-order valence-corrected chi connectivity index (χ4v) is 0.845. The Hall–Kier alpha value is -0.0400. The summed E-state index contributed by atoms with van der Waals surface area (Å²) in [6.45, 7) is 8.47. The monoisotopic (exact) mass is 159 g/mol. The molecule has 0 aromatic rings. The van der Waals surface area contributed by atoms with Crippen molar-refractivity contribution in [3.8, 4) is 0 Å². The molecule has 0 aromatic carbocycles. The lowest BCUT2D eigenvalue weighted by Gasteiger charge is -2.07. The first-order chi connectivity index (χ1) is 5.31. The average molecular weight is 159 g/mol. The van der Waals surface area contributed by atoms with Crippen LogP contribution >= 0.6 is 0 Å². The Kier molecular flexibility index (Phi) is 15.5. The van der Waals surface area contributed by atoms with Crippen LogP contribution in [0.25, 0.3) is 0 Å². The van der Waals surface area contributed by atoms with Gasteiger partial charge in [0.2, 0.25) is 0 Å². The van der Waals surface area contributed by atoms with Gasteiger partial charge < -0.3 is 5.32 Å². The molecule has 0 fully saturated rings. The summed E-state index contributed by atoms with van der Waals surface area (Å²) < 4.78 is 0. The SMILES string of the molecule is CC.CCCCCC(C)NC. The Bertz CT molecular complexity index is 52.8. The average Bonchev–Trinajstić information content (AvgIpc) is 2.08. The Morgan fingerprint density at radius 3 is 2.09 bits per heavy atom. The van der Waals surface area contributed by atoms with Crippen LogP contribution in [-0.2, 0) is 0 Å². The Morgan fingerprint density at radius 1 is 1.18 bits per heavy atom. The topological polar surface area (TPSA) is 12.0 Å². The van der Waals surface area contributed by atoms with E-state index in [1.807, 2.05) is 20.9 Å². The molecule has 0 radical (unpaired) electrons. The molecular formula is C10H25N. The molecule has 1 N–H and O–H groups in total. The molecule has 0 heterocycles. The summed E-state index contributed by atoms with van der Waals surface area (Å²) >= 11 is 0. The second kappa shape index (κ2) is 12.6. The fraction of sp³-hybridized carbons (Fsp3) is 1.00. The van der Waals surface area contributed by atoms with E-state index < -0.39 is 0 Å². The van der Waals surface area contributed by atoms with Crippen molar-refractivity contribution >= 4 is 0 Å². The predicted molar refractivity (Wildman–Crippen MR) is 54.0 cm³/mol. The minimum absolute atomic E-state index is 0.705. The fourth-order valence-electron chi connectivity index (χ4n) is 0.845. The third-order valence-corrected chi connectivity index (χ3v) is 1.73. The van der Waals surface area contributed by atoms with Gasteiger partial charge in [0.05, 0.1) is 0 Å². The van der Waals surface area contributed by atoms with E-state index in [1.54, 1.807) is 0 Å². The summed E-state index contributed by atoms with van der Waals surface area (Å²) in [7, 11) is 2.02. The van der Waals surface area contributed by atoms with Crippen molar-refractivity contribution in [3.05, 3.63) is 0 Å². The molecule has 0 rings (SSSR count). The molecule has 1 unspecified atom stereocenters. The highest BCUT2D eigenvalue weighted by atomic mass is 14.8. The maximum Gasteiger partial charge on any atom is 0.00357 e. The number of rotatable bonds is 5. The molecule has 0 aliphatic carbocycles. The van der Waals surface area contributed by atoms with Crippen LogP contribution in [0.15, 0.2) is 0 Å². The van der Waals surface area contributed by atoms with Crippen molar-refractivity contribution in [2.75, 3.05) is 7.05 Å². The van der Waals surface area contributed by atoms with E-state index in [9.17, 15) is 0 Å². The lowest BCUT2D eigenvalue weighted by atomic mass is 10.1. The van der Waals surface area contributed by atoms with Crippen molar-refractivity contribution < 1.29 is 0 Å². The quantitative estimate of drug-likeness (QED) is 0.607. The normalized spacial score (nSPS) is 11.7. The molecule has 70 valence electrons. The van der Waals surface area contributed by atoms with Crippen LogP contribution in [0.3, 0.4) is 0 Å². The molecule has 0 aliphatic heterocycles. The van der Waals surface area contributed by atoms with Gasteiger partial charge in [-0.3, -0.25) is 0 Å². The smallest absolute Gasteiger partial charge is 0.00357 e. The van der Waals surface area contributed by atoms with Gasteiger partial charge in [0.1, 0.15) is 0 Å². The molecule has 11 heavy (non-hydrogen) atoms. The summed E-state index contributed by atoms with van der Waals surface area (Å²) in [6.07, 6.45) is 5.41. The van der Waals surface area contributed by atoms with Gasteiger partial charge in [-0.2, -0.15) is 0 Å². The number of hydrogen-bond acceptors (Lipinski definition) is 1. The second-order valence-electron chi connectivity index (χ2n) is 2.69. The highest BCUT2D eigenvalue weighted by molar-refractivity contribution is 4.55. The van der Waals surface area contributed by atoms with Crippen molar-refractivity contribution in [2.45, 2.75) is 59.4 Å². The van der Waals surface area contributed by atoms with E-state index in [0.717, 1.165) is 0 Å². The van der Waals surface area contributed by atoms with E-state index in [0.29, 0.717) is 6.04 Å². The van der Waals surface area contributed by atoms with Gasteiger partial charge in [-0.1, -0.05) is 40.0 Å². The van der Waals surface area contributed by atoms with E-state index in [-0.39, 0.29) is 0 Å². The molecule has 0 saturated heterocycles. The van der Waals surface area contributed by atoms with Crippen molar-refractivity contribution in [2.24, 2.45) is 0 Å². The van der Waals surface area contributed by atoms with Crippen LogP contribution in [0, 0.1) is 0 Å². The third-order valence-electron chi connectivity index (χ3n) is 1.73. The maximum atomic E-state index is 3.22. The predicted octanol–water partition coefficient (Wildman–Crippen LogP) is 3.20. The largest absolute Gasteiger partial charge is 0.317 e. The zero-order valence-electron chi connectivity index (χ0n) is 8.91. The minimum Gasteiger partial charge on any atom is -0.317 e. The molecule has 0 amide bonds. The molecule has 0 bridgehead atoms. The molecular weight excluding hydrogens is 134 g/mol. The summed E-state index contributed by atoms with van der Waals surface area (Å²) in [4.78, 5) is 0. The molecule has 0 aromatic heterocycles. The molecule has 0 spiro atoms. The Balaban J connectivity index is 0. The van der Waals surface area contributed by atoms with Gasteiger partial charge in [-0.15, -0.1) is 0 Å². The molecule has 1 nitrogen and oxygen atoms in total. The minimum atomic E-state index is 0.705. The highest BCUT2D eigenvalue weighted by Crippen LogP contribution is 2.01. The summed E-state index contributed by atoms with van der Waals surface area (Å²) in [5.74, 6) is 0. The van der Waals surface area contributed by atoms with Gasteiger partial charge in [-0.25, -0.2) is 0 Å². The first kappa shape index (κ1) is 13.5. The first-order valence-electron chi connectivity index (χ1n) is 4.98. The Labute approximate surface area is 72.6 Å². The third kappa shape index (κ3) is 13.0. The van der Waals surface area contributed by atoms with Crippen LogP contribution in [-0.4, -0.2) is 13.1 Å². The molecule has 1 atom stereocenters. The van der Waals surface area contributed by atoms with Crippen LogP contribution in [0.2, 0.25) is 0 Å². The zero-order valence-corrected chi connectivity index (χ0v) is 8.91. The number of nitrogens with one attached hydrogen (secondary N) is 1. The summed E-state index contributed by atoms with van der Waals surface area (Å²) in [6, 6.07) is 0.705. The Morgan fingerprint density at radius 2 is 1.73 bits per heavy atom. The van der Waals surface area contributed by atoms with Crippen molar-refractivity contribution in [3.63, 3.8) is 0 Å². The van der Waals surface area contributed by atoms with E-state index in [1.165, 1.54) is 25.7 Å². The lowest BCUT2D eigenvalue weighted by Crippen LogP contribution is -2.20. The standard InChI is InChI=1S/C8H19N.C2H6/c1-4-5-6-7-8(2)9-3;1-2/h8-9H,4-7H2,1-3H3;1-2H3. The van der Waals surface area contributed by atoms with Gasteiger partial charge >= 0.3 is 0 Å². The van der Waals surface area contributed by atoms with E-state index in [4.69, 9.17) is 0 Å². The van der Waals surface area contributed by atoms with Crippen molar-refractivity contribution in [1.82, 2.24) is 5.32 Å². The second-order valence-corrected chi connectivity index (χ2v) is 2.69. The van der Waals surface area contributed by atoms with Crippen molar-refractivity contribution in [1.29, 1.82) is 0 Å². The van der Waals surface area contributed by atoms with Gasteiger partial charge in [-0.05, 0) is 20.4 Å². The molecule has 0 saturated carbocycles. The summed E-state index contributed by atoms with van der Waals surface area (Å²) in [5, 5.41) is 3.22. The first-order valence-corrected chi connectivity index (χ1v) is 4.98. The van der Waals surface area contributed by atoms with Gasteiger partial charge in [0.15, 0.2) is 0 Å². The summed E-state index contributed by atoms with van der Waals surface area (Å²) in [5.41, 5.74) is 0. The number of hydrogen-bond donors (Lipinski definition) is 1. The molecule has 0 aliphatic rings. The van der Waals surface area contributed by atoms with Crippen LogP contribution in [0.1, 0.15) is 53.4 Å². The molecule has 1 heteroatoms. The maximum absolute atomic E-state index is 3.22. The number of unbranched alkanes of at least 4 members (excludes halogenated alkanes) is 2. The van der Waals surface area contributed by atoms with E-state index in [2.05, 4.69) is 19.2 Å². The van der Waals surface area contributed by atoms with Gasteiger partial charge in [0, 0.05) is 6.04 Å². The lowest BCUT2D eigenvalue weighted by molar-refractivity contribution is 0.525. The van der Waals surface area contributed by atoms with Crippen LogP contribution in [0.4, 0.5) is 0 Å².